The maximum atomic E-state index is 12.7. The lowest BCUT2D eigenvalue weighted by Crippen LogP contribution is -2.33. The number of alkyl halides is 3. The van der Waals surface area contributed by atoms with Crippen molar-refractivity contribution in [3.8, 4) is 0 Å². The third-order valence-electron chi connectivity index (χ3n) is 2.59. The molecule has 0 fully saturated rings. The van der Waals surface area contributed by atoms with Crippen molar-refractivity contribution >= 4 is 5.78 Å². The zero-order chi connectivity index (χ0) is 15.3. The number of allylic oxidation sites excluding steroid dienone is 7. The van der Waals surface area contributed by atoms with Crippen molar-refractivity contribution in [1.29, 1.82) is 0 Å². The normalized spacial score (nSPS) is 15.6. The van der Waals surface area contributed by atoms with Gasteiger partial charge in [-0.25, -0.2) is 5.84 Å². The number of hydrogen-bond donors (Lipinski definition) is 1. The summed E-state index contributed by atoms with van der Waals surface area (Å²) in [7, 11) is 1.13. The van der Waals surface area contributed by atoms with Gasteiger partial charge < -0.3 is 5.01 Å². The van der Waals surface area contributed by atoms with Crippen LogP contribution in [0.25, 0.3) is 0 Å². The smallest absolute Gasteiger partial charge is 0.310 e. The second-order valence-electron chi connectivity index (χ2n) is 4.25. The Morgan fingerprint density at radius 2 is 2.10 bits per heavy atom. The third-order valence-corrected chi connectivity index (χ3v) is 2.59. The molecule has 2 N–H and O–H groups in total. The lowest BCUT2D eigenvalue weighted by molar-refractivity contribution is -0.113. The van der Waals surface area contributed by atoms with Crippen LogP contribution in [0.15, 0.2) is 53.0 Å². The first kappa shape index (κ1) is 16.0. The van der Waals surface area contributed by atoms with Crippen LogP contribution >= 0.6 is 0 Å². The molecular formula is C14H15F3N2O. The quantitative estimate of drug-likeness (QED) is 0.490. The van der Waals surface area contributed by atoms with Gasteiger partial charge >= 0.3 is 6.18 Å². The lowest BCUT2D eigenvalue weighted by atomic mass is 10.1. The van der Waals surface area contributed by atoms with Crippen LogP contribution in [0.3, 0.4) is 0 Å². The number of nitrogens with zero attached hydrogens (tertiary/aromatic N) is 1. The van der Waals surface area contributed by atoms with E-state index in [2.05, 4.69) is 5.73 Å². The minimum Gasteiger partial charge on any atom is -0.310 e. The number of ketones is 1. The third kappa shape index (κ3) is 4.57. The predicted octanol–water partition coefficient (Wildman–Crippen LogP) is 2.79. The van der Waals surface area contributed by atoms with Crippen molar-refractivity contribution in [2.75, 3.05) is 7.05 Å². The molecule has 0 unspecified atom stereocenters. The molecular weight excluding hydrogens is 269 g/mol. The summed E-state index contributed by atoms with van der Waals surface area (Å²) >= 11 is 0. The van der Waals surface area contributed by atoms with Crippen molar-refractivity contribution < 1.29 is 18.0 Å². The molecule has 0 radical (unpaired) electrons. The zero-order valence-electron chi connectivity index (χ0n) is 11.2. The SMILES string of the molecule is CC(=O)C1=CC=C=C(C/C=C(\N(C)N)C(F)(F)F)C=C1. The molecule has 3 nitrogen and oxygen atoms in total. The van der Waals surface area contributed by atoms with E-state index in [9.17, 15) is 18.0 Å². The topological polar surface area (TPSA) is 46.3 Å². The number of carbonyl (C=O) groups excluding carboxylic acids is 1. The number of rotatable bonds is 4. The maximum Gasteiger partial charge on any atom is 0.432 e. The number of hydrazine groups is 1. The van der Waals surface area contributed by atoms with Gasteiger partial charge in [-0.05, 0) is 30.7 Å². The number of hydrogen-bond acceptors (Lipinski definition) is 3. The molecule has 1 rings (SSSR count). The lowest BCUT2D eigenvalue weighted by Gasteiger charge is -2.19. The van der Waals surface area contributed by atoms with E-state index in [1.54, 1.807) is 18.2 Å². The fraction of sp³-hybridized carbons (Fsp3) is 0.286. The molecule has 1 aliphatic carbocycles. The summed E-state index contributed by atoms with van der Waals surface area (Å²) in [5.74, 6) is 5.05. The van der Waals surface area contributed by atoms with Crippen LogP contribution in [0.1, 0.15) is 13.3 Å². The first-order valence-corrected chi connectivity index (χ1v) is 5.82. The Kier molecular flexibility index (Phi) is 5.13. The van der Waals surface area contributed by atoms with Crippen molar-refractivity contribution in [2.24, 2.45) is 5.84 Å². The highest BCUT2D eigenvalue weighted by Crippen LogP contribution is 2.27. The Hall–Kier alpha value is -2.04. The van der Waals surface area contributed by atoms with Gasteiger partial charge in [-0.1, -0.05) is 12.2 Å². The van der Waals surface area contributed by atoms with Crippen LogP contribution in [0.5, 0.6) is 0 Å². The Balaban J connectivity index is 2.89. The fourth-order valence-corrected chi connectivity index (χ4v) is 1.56. The Morgan fingerprint density at radius 1 is 1.45 bits per heavy atom. The summed E-state index contributed by atoms with van der Waals surface area (Å²) in [5, 5.41) is 0.532. The van der Waals surface area contributed by atoms with E-state index in [-0.39, 0.29) is 12.2 Å². The van der Waals surface area contributed by atoms with Crippen LogP contribution in [-0.4, -0.2) is 24.0 Å². The highest BCUT2D eigenvalue weighted by atomic mass is 19.4. The summed E-state index contributed by atoms with van der Waals surface area (Å²) in [5.41, 5.74) is 2.89. The molecule has 0 saturated carbocycles. The minimum atomic E-state index is -4.51. The van der Waals surface area contributed by atoms with Crippen molar-refractivity contribution in [3.05, 3.63) is 53.0 Å². The molecule has 1 aliphatic rings. The van der Waals surface area contributed by atoms with Crippen LogP contribution in [0.4, 0.5) is 13.2 Å². The summed E-state index contributed by atoms with van der Waals surface area (Å²) < 4.78 is 38.0. The van der Waals surface area contributed by atoms with E-state index >= 15 is 0 Å². The summed E-state index contributed by atoms with van der Waals surface area (Å²) in [6.45, 7) is 1.42. The van der Waals surface area contributed by atoms with E-state index in [1.165, 1.54) is 13.0 Å². The molecule has 6 heteroatoms. The van der Waals surface area contributed by atoms with Gasteiger partial charge in [0.05, 0.1) is 0 Å². The van der Waals surface area contributed by atoms with E-state index in [1.807, 2.05) is 0 Å². The second-order valence-corrected chi connectivity index (χ2v) is 4.25. The fourth-order valence-electron chi connectivity index (χ4n) is 1.56. The number of Topliss-reactive ketones (excluding diaryl/α,β-unsaturated/α-hetero) is 1. The molecule has 0 saturated heterocycles. The van der Waals surface area contributed by atoms with E-state index < -0.39 is 11.9 Å². The predicted molar refractivity (Wildman–Crippen MR) is 70.2 cm³/mol. The highest BCUT2D eigenvalue weighted by Gasteiger charge is 2.35. The zero-order valence-corrected chi connectivity index (χ0v) is 11.2. The second kappa shape index (κ2) is 6.41. The summed E-state index contributed by atoms with van der Waals surface area (Å²) in [6.07, 6.45) is 2.69. The van der Waals surface area contributed by atoms with Crippen LogP contribution < -0.4 is 5.84 Å². The molecule has 20 heavy (non-hydrogen) atoms. The maximum absolute atomic E-state index is 12.7. The van der Waals surface area contributed by atoms with E-state index in [0.29, 0.717) is 16.2 Å². The van der Waals surface area contributed by atoms with Gasteiger partial charge in [-0.3, -0.25) is 4.79 Å². The Morgan fingerprint density at radius 3 is 2.60 bits per heavy atom. The van der Waals surface area contributed by atoms with Gasteiger partial charge in [0, 0.05) is 19.0 Å². The van der Waals surface area contributed by atoms with Gasteiger partial charge in [-0.15, -0.1) is 5.73 Å². The average Bonchev–Trinajstić information content (AvgIpc) is 2.52. The van der Waals surface area contributed by atoms with Gasteiger partial charge in [0.2, 0.25) is 0 Å². The van der Waals surface area contributed by atoms with Gasteiger partial charge in [-0.2, -0.15) is 13.2 Å². The molecule has 0 aromatic carbocycles. The molecule has 0 aromatic heterocycles. The summed E-state index contributed by atoms with van der Waals surface area (Å²) in [4.78, 5) is 11.2. The standard InChI is InChI=1S/C14H15F3N2O/c1-10(20)12-5-3-4-11(6-8-12)7-9-13(19(2)18)14(15,16)17/h3,5-6,8-9H,7,18H2,1-2H3/b13-9-. The molecule has 0 amide bonds. The molecule has 0 heterocycles. The molecule has 0 atom stereocenters. The van der Waals surface area contributed by atoms with Gasteiger partial charge in [0.15, 0.2) is 5.78 Å². The first-order valence-electron chi connectivity index (χ1n) is 5.82. The molecule has 0 aliphatic heterocycles. The van der Waals surface area contributed by atoms with Crippen molar-refractivity contribution in [1.82, 2.24) is 5.01 Å². The van der Waals surface area contributed by atoms with Crippen LogP contribution in [0, 0.1) is 0 Å². The molecule has 108 valence electrons. The Bertz CT molecular complexity index is 545. The minimum absolute atomic E-state index is 0.0163. The number of halogens is 3. The molecule has 0 bridgehead atoms. The molecule has 0 spiro atoms. The largest absolute Gasteiger partial charge is 0.432 e. The van der Waals surface area contributed by atoms with Crippen LogP contribution in [0.2, 0.25) is 0 Å². The van der Waals surface area contributed by atoms with Gasteiger partial charge in [0.25, 0.3) is 0 Å². The summed E-state index contributed by atoms with van der Waals surface area (Å²) in [6, 6.07) is 0. The number of nitrogens with two attached hydrogens (primary N) is 1. The first-order chi connectivity index (χ1) is 9.21. The van der Waals surface area contributed by atoms with Crippen molar-refractivity contribution in [3.63, 3.8) is 0 Å². The highest BCUT2D eigenvalue weighted by molar-refractivity contribution is 5.96. The molecule has 0 aromatic rings. The van der Waals surface area contributed by atoms with Crippen molar-refractivity contribution in [2.45, 2.75) is 19.5 Å². The average molecular weight is 284 g/mol. The van der Waals surface area contributed by atoms with E-state index in [4.69, 9.17) is 5.84 Å². The van der Waals surface area contributed by atoms with Gasteiger partial charge in [0.1, 0.15) is 5.70 Å². The monoisotopic (exact) mass is 284 g/mol. The van der Waals surface area contributed by atoms with Crippen LogP contribution in [-0.2, 0) is 4.79 Å². The number of carbonyl (C=O) groups is 1. The van der Waals surface area contributed by atoms with E-state index in [0.717, 1.165) is 13.1 Å². The Labute approximate surface area is 115 Å².